The van der Waals surface area contributed by atoms with Gasteiger partial charge in [0.05, 0.1) is 16.7 Å². The maximum Gasteiger partial charge on any atom is 0.263 e. The number of pyridine rings is 2. The summed E-state index contributed by atoms with van der Waals surface area (Å²) < 4.78 is 1.85. The van der Waals surface area contributed by atoms with Crippen LogP contribution in [0, 0.1) is 0 Å². The van der Waals surface area contributed by atoms with Gasteiger partial charge in [-0.05, 0) is 58.0 Å². The predicted octanol–water partition coefficient (Wildman–Crippen LogP) is 8.03. The first kappa shape index (κ1) is 21.3. The van der Waals surface area contributed by atoms with Crippen LogP contribution in [-0.2, 0) is 0 Å². The van der Waals surface area contributed by atoms with Gasteiger partial charge in [0, 0.05) is 22.4 Å². The second-order valence-electron chi connectivity index (χ2n) is 9.22. The van der Waals surface area contributed by atoms with Crippen LogP contribution in [-0.4, -0.2) is 9.55 Å². The van der Waals surface area contributed by atoms with E-state index in [2.05, 4.69) is 54.6 Å². The summed E-state index contributed by atoms with van der Waals surface area (Å²) in [6, 6.07) is 43.0. The molecule has 0 unspecified atom stereocenters. The number of hydrogen-bond donors (Lipinski definition) is 0. The van der Waals surface area contributed by atoms with Crippen LogP contribution in [0.2, 0.25) is 0 Å². The summed E-state index contributed by atoms with van der Waals surface area (Å²) in [4.78, 5) is 19.0. The van der Waals surface area contributed by atoms with Gasteiger partial charge in [-0.3, -0.25) is 14.3 Å². The molecule has 7 rings (SSSR count). The Balaban J connectivity index is 1.66. The Morgan fingerprint density at radius 2 is 1.14 bits per heavy atom. The van der Waals surface area contributed by atoms with Gasteiger partial charge in [0.15, 0.2) is 0 Å². The molecule has 37 heavy (non-hydrogen) atoms. The third kappa shape index (κ3) is 3.52. The average molecular weight is 475 g/mol. The fourth-order valence-corrected chi connectivity index (χ4v) is 5.28. The van der Waals surface area contributed by atoms with E-state index in [1.54, 1.807) is 6.20 Å². The minimum Gasteiger partial charge on any atom is -0.274 e. The summed E-state index contributed by atoms with van der Waals surface area (Å²) >= 11 is 0. The fourth-order valence-electron chi connectivity index (χ4n) is 5.28. The van der Waals surface area contributed by atoms with E-state index >= 15 is 0 Å². The SMILES string of the molecule is O=c1c2ccccc2c2ccc3cccnc3c2n1-c1cc(-c2ccccc2)cc(-c2ccccc2)c1. The van der Waals surface area contributed by atoms with E-state index < -0.39 is 0 Å². The van der Waals surface area contributed by atoms with Crippen molar-refractivity contribution >= 4 is 32.6 Å². The molecule has 0 aliphatic rings. The molecular weight excluding hydrogens is 452 g/mol. The zero-order chi connectivity index (χ0) is 24.8. The molecule has 0 bridgehead atoms. The highest BCUT2D eigenvalue weighted by atomic mass is 16.1. The Morgan fingerprint density at radius 1 is 0.514 bits per heavy atom. The number of nitrogens with zero attached hydrogens (tertiary/aromatic N) is 2. The van der Waals surface area contributed by atoms with E-state index in [4.69, 9.17) is 4.98 Å². The highest BCUT2D eigenvalue weighted by molar-refractivity contribution is 6.14. The van der Waals surface area contributed by atoms with Gasteiger partial charge in [-0.1, -0.05) is 97.1 Å². The smallest absolute Gasteiger partial charge is 0.263 e. The molecule has 0 fully saturated rings. The van der Waals surface area contributed by atoms with Gasteiger partial charge in [-0.15, -0.1) is 0 Å². The van der Waals surface area contributed by atoms with Crippen LogP contribution in [0.5, 0.6) is 0 Å². The highest BCUT2D eigenvalue weighted by Crippen LogP contribution is 2.34. The predicted molar refractivity (Wildman–Crippen MR) is 153 cm³/mol. The Labute approximate surface area is 213 Å². The van der Waals surface area contributed by atoms with Crippen LogP contribution in [0.4, 0.5) is 0 Å². The van der Waals surface area contributed by atoms with Crippen molar-refractivity contribution in [3.05, 3.63) is 144 Å². The maximum absolute atomic E-state index is 14.2. The van der Waals surface area contributed by atoms with Crippen molar-refractivity contribution in [2.75, 3.05) is 0 Å². The van der Waals surface area contributed by atoms with Crippen molar-refractivity contribution in [1.82, 2.24) is 9.55 Å². The van der Waals surface area contributed by atoms with Gasteiger partial charge >= 0.3 is 0 Å². The van der Waals surface area contributed by atoms with Gasteiger partial charge in [0.2, 0.25) is 0 Å². The van der Waals surface area contributed by atoms with Gasteiger partial charge in [0.1, 0.15) is 0 Å². The lowest BCUT2D eigenvalue weighted by Gasteiger charge is -2.17. The molecule has 0 spiro atoms. The molecule has 2 aromatic heterocycles. The van der Waals surface area contributed by atoms with Gasteiger partial charge in [0.25, 0.3) is 5.56 Å². The Morgan fingerprint density at radius 3 is 1.81 bits per heavy atom. The van der Waals surface area contributed by atoms with Crippen LogP contribution in [0.15, 0.2) is 138 Å². The molecule has 0 radical (unpaired) electrons. The van der Waals surface area contributed by atoms with Crippen LogP contribution in [0.3, 0.4) is 0 Å². The summed E-state index contributed by atoms with van der Waals surface area (Å²) in [7, 11) is 0. The van der Waals surface area contributed by atoms with Crippen molar-refractivity contribution in [1.29, 1.82) is 0 Å². The second-order valence-corrected chi connectivity index (χ2v) is 9.22. The molecule has 5 aromatic carbocycles. The molecule has 0 aliphatic heterocycles. The molecule has 3 heteroatoms. The molecule has 0 saturated carbocycles. The van der Waals surface area contributed by atoms with Crippen LogP contribution < -0.4 is 5.56 Å². The molecule has 0 amide bonds. The number of rotatable bonds is 3. The third-order valence-corrected chi connectivity index (χ3v) is 7.01. The van der Waals surface area contributed by atoms with Gasteiger partial charge in [-0.25, -0.2) is 0 Å². The van der Waals surface area contributed by atoms with Crippen molar-refractivity contribution in [3.63, 3.8) is 0 Å². The molecule has 174 valence electrons. The molecular formula is C34H22N2O. The van der Waals surface area contributed by atoms with E-state index in [0.717, 1.165) is 55.1 Å². The summed E-state index contributed by atoms with van der Waals surface area (Å²) in [5.41, 5.74) is 6.71. The summed E-state index contributed by atoms with van der Waals surface area (Å²) in [6.07, 6.45) is 1.79. The number of benzene rings is 5. The molecule has 0 atom stereocenters. The van der Waals surface area contributed by atoms with Crippen LogP contribution in [0.1, 0.15) is 0 Å². The van der Waals surface area contributed by atoms with E-state index in [1.165, 1.54) is 0 Å². The Bertz CT molecular complexity index is 1930. The lowest BCUT2D eigenvalue weighted by atomic mass is 9.97. The molecule has 2 heterocycles. The molecule has 3 nitrogen and oxygen atoms in total. The van der Waals surface area contributed by atoms with E-state index in [1.807, 2.05) is 77.4 Å². The minimum atomic E-state index is -0.0505. The molecule has 0 aliphatic carbocycles. The number of aromatic nitrogens is 2. The fraction of sp³-hybridized carbons (Fsp3) is 0. The van der Waals surface area contributed by atoms with Crippen molar-refractivity contribution in [2.24, 2.45) is 0 Å². The molecule has 0 saturated heterocycles. The maximum atomic E-state index is 14.2. The largest absolute Gasteiger partial charge is 0.274 e. The van der Waals surface area contributed by atoms with Gasteiger partial charge < -0.3 is 0 Å². The minimum absolute atomic E-state index is 0.0505. The average Bonchev–Trinajstić information content (AvgIpc) is 2.98. The van der Waals surface area contributed by atoms with Crippen LogP contribution >= 0.6 is 0 Å². The van der Waals surface area contributed by atoms with Crippen molar-refractivity contribution in [2.45, 2.75) is 0 Å². The number of hydrogen-bond acceptors (Lipinski definition) is 2. The summed E-state index contributed by atoms with van der Waals surface area (Å²) in [6.45, 7) is 0. The summed E-state index contributed by atoms with van der Waals surface area (Å²) in [5, 5.41) is 3.64. The number of fused-ring (bicyclic) bond motifs is 5. The third-order valence-electron chi connectivity index (χ3n) is 7.01. The zero-order valence-corrected chi connectivity index (χ0v) is 20.0. The van der Waals surface area contributed by atoms with Crippen molar-refractivity contribution < 1.29 is 0 Å². The highest BCUT2D eigenvalue weighted by Gasteiger charge is 2.17. The Kier molecular flexibility index (Phi) is 4.93. The quantitative estimate of drug-likeness (QED) is 0.243. The first-order valence-corrected chi connectivity index (χ1v) is 12.4. The van der Waals surface area contributed by atoms with E-state index in [9.17, 15) is 4.79 Å². The molecule has 0 N–H and O–H groups in total. The summed E-state index contributed by atoms with van der Waals surface area (Å²) in [5.74, 6) is 0. The Hall–Kier alpha value is -5.02. The molecule has 7 aromatic rings. The van der Waals surface area contributed by atoms with E-state index in [0.29, 0.717) is 5.39 Å². The first-order valence-electron chi connectivity index (χ1n) is 12.4. The lowest BCUT2D eigenvalue weighted by molar-refractivity contribution is 1.06. The van der Waals surface area contributed by atoms with E-state index in [-0.39, 0.29) is 5.56 Å². The van der Waals surface area contributed by atoms with Gasteiger partial charge in [-0.2, -0.15) is 0 Å². The first-order chi connectivity index (χ1) is 18.3. The monoisotopic (exact) mass is 474 g/mol. The topological polar surface area (TPSA) is 34.9 Å². The second kappa shape index (κ2) is 8.58. The normalized spacial score (nSPS) is 11.4. The lowest BCUT2D eigenvalue weighted by Crippen LogP contribution is -2.19. The van der Waals surface area contributed by atoms with Crippen LogP contribution in [0.25, 0.3) is 60.5 Å². The van der Waals surface area contributed by atoms with Crippen molar-refractivity contribution in [3.8, 4) is 27.9 Å². The standard InChI is InChI=1S/C34H22N2O/c37-34-31-16-8-7-15-29(31)30-18-17-25-14-9-19-35-32(25)33(30)36(34)28-21-26(23-10-3-1-4-11-23)20-27(22-28)24-12-5-2-6-13-24/h1-22H. The zero-order valence-electron chi connectivity index (χ0n) is 20.0.